The van der Waals surface area contributed by atoms with Crippen molar-refractivity contribution in [1.82, 2.24) is 20.4 Å². The second kappa shape index (κ2) is 14.0. The summed E-state index contributed by atoms with van der Waals surface area (Å²) in [6.07, 6.45) is 1.90. The van der Waals surface area contributed by atoms with Crippen molar-refractivity contribution in [2.24, 2.45) is 4.99 Å². The van der Waals surface area contributed by atoms with Crippen molar-refractivity contribution < 1.29 is 4.79 Å². The zero-order valence-corrected chi connectivity index (χ0v) is 20.9. The highest BCUT2D eigenvalue weighted by Crippen LogP contribution is 2.16. The van der Waals surface area contributed by atoms with Gasteiger partial charge in [0.05, 0.1) is 6.54 Å². The molecule has 2 N–H and O–H groups in total. The van der Waals surface area contributed by atoms with Crippen LogP contribution in [0.1, 0.15) is 32.8 Å². The van der Waals surface area contributed by atoms with Crippen molar-refractivity contribution in [3.8, 4) is 0 Å². The topological polar surface area (TPSA) is 60.0 Å². The molecule has 0 aliphatic carbocycles. The van der Waals surface area contributed by atoms with Gasteiger partial charge in [-0.2, -0.15) is 0 Å². The fourth-order valence-electron chi connectivity index (χ4n) is 3.27. The van der Waals surface area contributed by atoms with Gasteiger partial charge in [0, 0.05) is 50.3 Å². The lowest BCUT2D eigenvalue weighted by molar-refractivity contribution is -0.123. The van der Waals surface area contributed by atoms with Gasteiger partial charge in [-0.25, -0.2) is 0 Å². The van der Waals surface area contributed by atoms with Crippen LogP contribution in [0.25, 0.3) is 0 Å². The van der Waals surface area contributed by atoms with E-state index in [1.54, 1.807) is 0 Å². The molecule has 2 rings (SSSR count). The van der Waals surface area contributed by atoms with Crippen LogP contribution in [0, 0.1) is 0 Å². The molecule has 0 saturated carbocycles. The summed E-state index contributed by atoms with van der Waals surface area (Å²) in [4.78, 5) is 21.2. The second-order valence-electron chi connectivity index (χ2n) is 7.42. The van der Waals surface area contributed by atoms with Crippen LogP contribution in [0.15, 0.2) is 29.3 Å². The highest BCUT2D eigenvalue weighted by atomic mass is 127. The Labute approximate surface area is 197 Å². The van der Waals surface area contributed by atoms with Gasteiger partial charge in [-0.1, -0.05) is 29.8 Å². The fourth-order valence-corrected chi connectivity index (χ4v) is 3.50. The molecule has 8 heteroatoms. The summed E-state index contributed by atoms with van der Waals surface area (Å²) in [6, 6.07) is 8.18. The average molecular weight is 536 g/mol. The average Bonchev–Trinajstić information content (AvgIpc) is 2.65. The largest absolute Gasteiger partial charge is 0.357 e. The van der Waals surface area contributed by atoms with E-state index in [0.29, 0.717) is 6.54 Å². The molecule has 1 fully saturated rings. The quantitative estimate of drug-likeness (QED) is 0.233. The summed E-state index contributed by atoms with van der Waals surface area (Å²) < 4.78 is 0. The highest BCUT2D eigenvalue weighted by molar-refractivity contribution is 14.0. The number of guanidine groups is 1. The number of halogens is 2. The predicted molar refractivity (Wildman–Crippen MR) is 132 cm³/mol. The van der Waals surface area contributed by atoms with E-state index < -0.39 is 0 Å². The zero-order valence-electron chi connectivity index (χ0n) is 17.8. The van der Waals surface area contributed by atoms with Crippen LogP contribution in [0.4, 0.5) is 0 Å². The smallest absolute Gasteiger partial charge is 0.234 e. The number of rotatable bonds is 8. The fraction of sp³-hybridized carbons (Fsp3) is 0.619. The number of hydrogen-bond donors (Lipinski definition) is 2. The lowest BCUT2D eigenvalue weighted by Crippen LogP contribution is -2.54. The second-order valence-corrected chi connectivity index (χ2v) is 7.82. The van der Waals surface area contributed by atoms with Gasteiger partial charge in [0.15, 0.2) is 5.96 Å². The standard InChI is InChI=1S/C21H34ClN5O.HI/c1-4-23-21(24-11-7-9-18-8-5-6-10-19(18)22)27-14-12-26(13-15-27)16-20(28)25-17(2)3;/h5-6,8,10,17H,4,7,9,11-16H2,1-3H3,(H,23,24)(H,25,28);1H. The summed E-state index contributed by atoms with van der Waals surface area (Å²) in [6.45, 7) is 11.7. The van der Waals surface area contributed by atoms with E-state index in [4.69, 9.17) is 16.6 Å². The van der Waals surface area contributed by atoms with Gasteiger partial charge in [-0.05, 0) is 45.2 Å². The Morgan fingerprint density at radius 3 is 2.52 bits per heavy atom. The van der Waals surface area contributed by atoms with E-state index in [1.807, 2.05) is 32.0 Å². The number of piperazine rings is 1. The normalized spacial score (nSPS) is 15.2. The van der Waals surface area contributed by atoms with Gasteiger partial charge < -0.3 is 15.5 Å². The monoisotopic (exact) mass is 535 g/mol. The lowest BCUT2D eigenvalue weighted by Gasteiger charge is -2.36. The molecular weight excluding hydrogens is 501 g/mol. The minimum atomic E-state index is 0. The number of aryl methyl sites for hydroxylation is 1. The molecule has 1 aromatic carbocycles. The molecular formula is C21H35ClIN5O. The number of hydrogen-bond acceptors (Lipinski definition) is 3. The van der Waals surface area contributed by atoms with Gasteiger partial charge in [0.2, 0.25) is 5.91 Å². The van der Waals surface area contributed by atoms with Crippen molar-refractivity contribution in [3.05, 3.63) is 34.9 Å². The van der Waals surface area contributed by atoms with E-state index in [9.17, 15) is 4.79 Å². The third kappa shape index (κ3) is 9.53. The SMILES string of the molecule is CCNC(=NCCCc1ccccc1Cl)N1CCN(CC(=O)NC(C)C)CC1.I. The van der Waals surface area contributed by atoms with Crippen LogP contribution >= 0.6 is 35.6 Å². The maximum atomic E-state index is 11.9. The predicted octanol–water partition coefficient (Wildman–Crippen LogP) is 3.00. The van der Waals surface area contributed by atoms with Crippen LogP contribution in [-0.4, -0.2) is 73.5 Å². The maximum Gasteiger partial charge on any atom is 0.234 e. The van der Waals surface area contributed by atoms with Gasteiger partial charge in [-0.3, -0.25) is 14.7 Å². The first kappa shape index (κ1) is 26.0. The zero-order chi connectivity index (χ0) is 20.4. The molecule has 164 valence electrons. The summed E-state index contributed by atoms with van der Waals surface area (Å²) in [5.74, 6) is 1.07. The Bertz CT molecular complexity index is 648. The van der Waals surface area contributed by atoms with Crippen LogP contribution < -0.4 is 10.6 Å². The molecule has 1 saturated heterocycles. The Morgan fingerprint density at radius 2 is 1.90 bits per heavy atom. The highest BCUT2D eigenvalue weighted by Gasteiger charge is 2.21. The minimum Gasteiger partial charge on any atom is -0.357 e. The van der Waals surface area contributed by atoms with Gasteiger partial charge >= 0.3 is 0 Å². The molecule has 0 spiro atoms. The first-order chi connectivity index (χ1) is 13.5. The third-order valence-corrected chi connectivity index (χ3v) is 5.02. The van der Waals surface area contributed by atoms with Crippen molar-refractivity contribution in [1.29, 1.82) is 0 Å². The Hall–Kier alpha value is -1.06. The van der Waals surface area contributed by atoms with E-state index >= 15 is 0 Å². The van der Waals surface area contributed by atoms with Crippen LogP contribution in [-0.2, 0) is 11.2 Å². The van der Waals surface area contributed by atoms with Crippen LogP contribution in [0.2, 0.25) is 5.02 Å². The number of carbonyl (C=O) groups excluding carboxylic acids is 1. The molecule has 0 atom stereocenters. The molecule has 1 heterocycles. The molecule has 0 bridgehead atoms. The first-order valence-electron chi connectivity index (χ1n) is 10.3. The van der Waals surface area contributed by atoms with Crippen LogP contribution in [0.5, 0.6) is 0 Å². The van der Waals surface area contributed by atoms with E-state index in [-0.39, 0.29) is 35.9 Å². The Kier molecular flexibility index (Phi) is 12.6. The van der Waals surface area contributed by atoms with Crippen molar-refractivity contribution in [2.75, 3.05) is 45.8 Å². The molecule has 0 aromatic heterocycles. The summed E-state index contributed by atoms with van der Waals surface area (Å²) in [5, 5.41) is 7.18. The molecule has 0 unspecified atom stereocenters. The van der Waals surface area contributed by atoms with Gasteiger partial charge in [0.25, 0.3) is 0 Å². The van der Waals surface area contributed by atoms with Gasteiger partial charge in [-0.15, -0.1) is 24.0 Å². The number of aliphatic imine (C=N–C) groups is 1. The lowest BCUT2D eigenvalue weighted by atomic mass is 10.1. The summed E-state index contributed by atoms with van der Waals surface area (Å²) in [5.41, 5.74) is 1.18. The molecule has 1 amide bonds. The molecule has 1 aromatic rings. The van der Waals surface area contributed by atoms with E-state index in [0.717, 1.165) is 63.1 Å². The molecule has 1 aliphatic heterocycles. The first-order valence-corrected chi connectivity index (χ1v) is 10.7. The maximum absolute atomic E-state index is 11.9. The van der Waals surface area contributed by atoms with Crippen molar-refractivity contribution in [2.45, 2.75) is 39.7 Å². The number of carbonyl (C=O) groups is 1. The molecule has 6 nitrogen and oxygen atoms in total. The number of nitrogens with zero attached hydrogens (tertiary/aromatic N) is 3. The minimum absolute atomic E-state index is 0. The molecule has 1 aliphatic rings. The Morgan fingerprint density at radius 1 is 1.21 bits per heavy atom. The molecule has 29 heavy (non-hydrogen) atoms. The third-order valence-electron chi connectivity index (χ3n) is 4.65. The number of nitrogens with one attached hydrogen (secondary N) is 2. The number of amides is 1. The van der Waals surface area contributed by atoms with E-state index in [1.165, 1.54) is 5.56 Å². The Balaban J connectivity index is 0.00000420. The number of benzene rings is 1. The van der Waals surface area contributed by atoms with Crippen molar-refractivity contribution >= 4 is 47.4 Å². The summed E-state index contributed by atoms with van der Waals surface area (Å²) in [7, 11) is 0. The van der Waals surface area contributed by atoms with E-state index in [2.05, 4.69) is 33.4 Å². The molecule has 0 radical (unpaired) electrons. The van der Waals surface area contributed by atoms with Crippen LogP contribution in [0.3, 0.4) is 0 Å². The van der Waals surface area contributed by atoms with Crippen molar-refractivity contribution in [3.63, 3.8) is 0 Å². The van der Waals surface area contributed by atoms with Gasteiger partial charge in [0.1, 0.15) is 0 Å². The summed E-state index contributed by atoms with van der Waals surface area (Å²) >= 11 is 6.23.